The Labute approximate surface area is 77.3 Å². The molecule has 3 N–H and O–H groups in total. The van der Waals surface area contributed by atoms with Gasteiger partial charge in [-0.15, -0.1) is 12.4 Å². The molecule has 1 rings (SSSR count). The van der Waals surface area contributed by atoms with Gasteiger partial charge in [0.1, 0.15) is 5.82 Å². The SMILES string of the molecule is Cc1cc(NN)cc(C)c1F.Cl. The van der Waals surface area contributed by atoms with Gasteiger partial charge in [-0.25, -0.2) is 4.39 Å². The van der Waals surface area contributed by atoms with Crippen molar-refractivity contribution in [1.82, 2.24) is 0 Å². The predicted octanol–water partition coefficient (Wildman–Crippen LogP) is 2.15. The highest BCUT2D eigenvalue weighted by Gasteiger charge is 2.02. The molecule has 0 radical (unpaired) electrons. The van der Waals surface area contributed by atoms with Crippen LogP contribution in [0.3, 0.4) is 0 Å². The molecule has 0 bridgehead atoms. The number of halogens is 2. The first-order valence-corrected chi connectivity index (χ1v) is 3.38. The summed E-state index contributed by atoms with van der Waals surface area (Å²) in [6.07, 6.45) is 0. The molecular weight excluding hydrogens is 179 g/mol. The van der Waals surface area contributed by atoms with Gasteiger partial charge in [-0.1, -0.05) is 0 Å². The number of hydrogen-bond acceptors (Lipinski definition) is 2. The van der Waals surface area contributed by atoms with Gasteiger partial charge in [0, 0.05) is 5.69 Å². The quantitative estimate of drug-likeness (QED) is 0.526. The van der Waals surface area contributed by atoms with Gasteiger partial charge in [0.2, 0.25) is 0 Å². The minimum atomic E-state index is -0.163. The van der Waals surface area contributed by atoms with Crippen molar-refractivity contribution in [1.29, 1.82) is 0 Å². The third kappa shape index (κ3) is 2.09. The first-order chi connectivity index (χ1) is 5.15. The highest BCUT2D eigenvalue weighted by atomic mass is 35.5. The van der Waals surface area contributed by atoms with Crippen LogP contribution in [0.1, 0.15) is 11.1 Å². The Morgan fingerprint density at radius 2 is 1.67 bits per heavy atom. The molecule has 0 atom stereocenters. The van der Waals surface area contributed by atoms with E-state index in [0.29, 0.717) is 11.1 Å². The molecule has 0 fully saturated rings. The third-order valence-electron chi connectivity index (χ3n) is 1.60. The maximum absolute atomic E-state index is 13.0. The molecule has 68 valence electrons. The molecule has 1 aromatic carbocycles. The lowest BCUT2D eigenvalue weighted by molar-refractivity contribution is 0.609. The van der Waals surface area contributed by atoms with Crippen molar-refractivity contribution in [3.05, 3.63) is 29.1 Å². The second-order valence-electron chi connectivity index (χ2n) is 2.57. The number of rotatable bonds is 1. The zero-order chi connectivity index (χ0) is 8.43. The average Bonchev–Trinajstić information content (AvgIpc) is 1.99. The van der Waals surface area contributed by atoms with Gasteiger partial charge in [-0.3, -0.25) is 5.84 Å². The van der Waals surface area contributed by atoms with E-state index in [-0.39, 0.29) is 18.2 Å². The lowest BCUT2D eigenvalue weighted by Gasteiger charge is -2.04. The molecule has 0 spiro atoms. The predicted molar refractivity (Wildman–Crippen MR) is 50.9 cm³/mol. The normalized spacial score (nSPS) is 9.00. The number of benzene rings is 1. The number of anilines is 1. The van der Waals surface area contributed by atoms with Crippen LogP contribution in [0.2, 0.25) is 0 Å². The summed E-state index contributed by atoms with van der Waals surface area (Å²) < 4.78 is 13.0. The van der Waals surface area contributed by atoms with Gasteiger partial charge in [-0.2, -0.15) is 0 Å². The Balaban J connectivity index is 0.00000121. The van der Waals surface area contributed by atoms with E-state index in [0.717, 1.165) is 5.69 Å². The van der Waals surface area contributed by atoms with Crippen molar-refractivity contribution in [3.63, 3.8) is 0 Å². The molecule has 0 unspecified atom stereocenters. The first kappa shape index (κ1) is 11.2. The van der Waals surface area contributed by atoms with Crippen LogP contribution in [0.4, 0.5) is 10.1 Å². The largest absolute Gasteiger partial charge is 0.324 e. The van der Waals surface area contributed by atoms with Crippen LogP contribution in [0.25, 0.3) is 0 Å². The molecule has 0 aliphatic heterocycles. The maximum Gasteiger partial charge on any atom is 0.129 e. The Kier molecular flexibility index (Phi) is 4.00. The standard InChI is InChI=1S/C8H11FN2.ClH/c1-5-3-7(11-10)4-6(2)8(5)9;/h3-4,11H,10H2,1-2H3;1H. The molecule has 4 heteroatoms. The van der Waals surface area contributed by atoms with Crippen LogP contribution < -0.4 is 11.3 Å². The van der Waals surface area contributed by atoms with E-state index >= 15 is 0 Å². The zero-order valence-electron chi connectivity index (χ0n) is 7.02. The Morgan fingerprint density at radius 3 is 2.00 bits per heavy atom. The summed E-state index contributed by atoms with van der Waals surface area (Å²) in [5.74, 6) is 5.00. The second-order valence-corrected chi connectivity index (χ2v) is 2.57. The highest BCUT2D eigenvalue weighted by Crippen LogP contribution is 2.17. The van der Waals surface area contributed by atoms with Crippen molar-refractivity contribution in [3.8, 4) is 0 Å². The van der Waals surface area contributed by atoms with Crippen LogP contribution in [-0.4, -0.2) is 0 Å². The Morgan fingerprint density at radius 1 is 1.25 bits per heavy atom. The van der Waals surface area contributed by atoms with Gasteiger partial charge < -0.3 is 5.43 Å². The zero-order valence-corrected chi connectivity index (χ0v) is 7.83. The van der Waals surface area contributed by atoms with Gasteiger partial charge in [-0.05, 0) is 37.1 Å². The summed E-state index contributed by atoms with van der Waals surface area (Å²) in [5, 5.41) is 0. The van der Waals surface area contributed by atoms with Crippen molar-refractivity contribution < 1.29 is 4.39 Å². The van der Waals surface area contributed by atoms with Gasteiger partial charge >= 0.3 is 0 Å². The first-order valence-electron chi connectivity index (χ1n) is 3.38. The van der Waals surface area contributed by atoms with E-state index in [2.05, 4.69) is 5.43 Å². The van der Waals surface area contributed by atoms with E-state index in [9.17, 15) is 4.39 Å². The summed E-state index contributed by atoms with van der Waals surface area (Å²) in [4.78, 5) is 0. The molecule has 1 aromatic rings. The molecule has 0 saturated heterocycles. The molecule has 12 heavy (non-hydrogen) atoms. The lowest BCUT2D eigenvalue weighted by Crippen LogP contribution is -2.07. The van der Waals surface area contributed by atoms with Gasteiger partial charge in [0.25, 0.3) is 0 Å². The van der Waals surface area contributed by atoms with E-state index in [1.807, 2.05) is 0 Å². The smallest absolute Gasteiger partial charge is 0.129 e. The third-order valence-corrected chi connectivity index (χ3v) is 1.60. The number of hydrazine groups is 1. The summed E-state index contributed by atoms with van der Waals surface area (Å²) in [6, 6.07) is 3.34. The van der Waals surface area contributed by atoms with Gasteiger partial charge in [0.05, 0.1) is 0 Å². The maximum atomic E-state index is 13.0. The van der Waals surface area contributed by atoms with E-state index in [1.165, 1.54) is 0 Å². The van der Waals surface area contributed by atoms with Crippen LogP contribution in [-0.2, 0) is 0 Å². The fourth-order valence-corrected chi connectivity index (χ4v) is 1.03. The van der Waals surface area contributed by atoms with Gasteiger partial charge in [0.15, 0.2) is 0 Å². The highest BCUT2D eigenvalue weighted by molar-refractivity contribution is 5.85. The van der Waals surface area contributed by atoms with Crippen molar-refractivity contribution in [2.24, 2.45) is 5.84 Å². The van der Waals surface area contributed by atoms with Crippen molar-refractivity contribution in [2.45, 2.75) is 13.8 Å². The molecule has 0 aliphatic carbocycles. The van der Waals surface area contributed by atoms with E-state index in [4.69, 9.17) is 5.84 Å². The fraction of sp³-hybridized carbons (Fsp3) is 0.250. The topological polar surface area (TPSA) is 38.0 Å². The molecule has 0 amide bonds. The van der Waals surface area contributed by atoms with E-state index in [1.54, 1.807) is 26.0 Å². The molecule has 0 aromatic heterocycles. The van der Waals surface area contributed by atoms with Crippen LogP contribution >= 0.6 is 12.4 Å². The molecule has 2 nitrogen and oxygen atoms in total. The number of nitrogen functional groups attached to an aromatic ring is 1. The van der Waals surface area contributed by atoms with Crippen LogP contribution in [0.5, 0.6) is 0 Å². The summed E-state index contributed by atoms with van der Waals surface area (Å²) in [6.45, 7) is 3.42. The number of aryl methyl sites for hydroxylation is 2. The number of hydrogen-bond donors (Lipinski definition) is 2. The molecule has 0 saturated carbocycles. The minimum Gasteiger partial charge on any atom is -0.324 e. The van der Waals surface area contributed by atoms with Crippen LogP contribution in [0.15, 0.2) is 12.1 Å². The summed E-state index contributed by atoms with van der Waals surface area (Å²) in [5.41, 5.74) is 4.43. The molecule has 0 aliphatic rings. The van der Waals surface area contributed by atoms with Crippen molar-refractivity contribution in [2.75, 3.05) is 5.43 Å². The Hall–Kier alpha value is -0.800. The summed E-state index contributed by atoms with van der Waals surface area (Å²) in [7, 11) is 0. The monoisotopic (exact) mass is 190 g/mol. The fourth-order valence-electron chi connectivity index (χ4n) is 1.03. The molecular formula is C8H12ClFN2. The Bertz CT molecular complexity index is 253. The lowest BCUT2D eigenvalue weighted by atomic mass is 10.1. The number of nitrogens with one attached hydrogen (secondary N) is 1. The molecule has 0 heterocycles. The van der Waals surface area contributed by atoms with Crippen molar-refractivity contribution >= 4 is 18.1 Å². The van der Waals surface area contributed by atoms with E-state index < -0.39 is 0 Å². The minimum absolute atomic E-state index is 0. The summed E-state index contributed by atoms with van der Waals surface area (Å²) >= 11 is 0. The second kappa shape index (κ2) is 4.28. The average molecular weight is 191 g/mol. The number of nitrogens with two attached hydrogens (primary N) is 1. The van der Waals surface area contributed by atoms with Crippen LogP contribution in [0, 0.1) is 19.7 Å².